The first-order valence-electron chi connectivity index (χ1n) is 6.40. The normalized spacial score (nSPS) is 14.6. The molecule has 1 atom stereocenters. The van der Waals surface area contributed by atoms with Crippen molar-refractivity contribution in [3.63, 3.8) is 0 Å². The van der Waals surface area contributed by atoms with Gasteiger partial charge in [-0.1, -0.05) is 20.8 Å². The van der Waals surface area contributed by atoms with E-state index in [0.717, 1.165) is 0 Å². The molecule has 1 unspecified atom stereocenters. The highest BCUT2D eigenvalue weighted by atomic mass is 32.2. The van der Waals surface area contributed by atoms with Gasteiger partial charge in [0.1, 0.15) is 10.5 Å². The van der Waals surface area contributed by atoms with Crippen LogP contribution in [0.15, 0.2) is 29.4 Å². The number of nitrogens with two attached hydrogens (primary N) is 1. The summed E-state index contributed by atoms with van der Waals surface area (Å²) in [6.07, 6.45) is 3.07. The second-order valence-electron chi connectivity index (χ2n) is 5.83. The average Bonchev–Trinajstić information content (AvgIpc) is 2.79. The van der Waals surface area contributed by atoms with Gasteiger partial charge in [0.15, 0.2) is 0 Å². The molecule has 2 aromatic rings. The van der Waals surface area contributed by atoms with Gasteiger partial charge in [-0.05, 0) is 17.5 Å². The second kappa shape index (κ2) is 5.16. The zero-order chi connectivity index (χ0) is 15.0. The van der Waals surface area contributed by atoms with Crippen molar-refractivity contribution in [2.24, 2.45) is 11.1 Å². The van der Waals surface area contributed by atoms with E-state index in [1.165, 1.54) is 6.20 Å². The van der Waals surface area contributed by atoms with E-state index in [9.17, 15) is 8.42 Å². The van der Waals surface area contributed by atoms with Gasteiger partial charge in [-0.15, -0.1) is 0 Å². The molecule has 7 heteroatoms. The molecule has 2 heterocycles. The van der Waals surface area contributed by atoms with Gasteiger partial charge >= 0.3 is 0 Å². The number of H-pyrrole nitrogens is 1. The predicted molar refractivity (Wildman–Crippen MR) is 78.7 cm³/mol. The van der Waals surface area contributed by atoms with Crippen molar-refractivity contribution in [3.05, 3.63) is 24.5 Å². The number of hydrogen-bond donors (Lipinski definition) is 3. The molecule has 2 rings (SSSR count). The molecule has 4 N–H and O–H groups in total. The molecule has 2 aromatic heterocycles. The molecule has 6 nitrogen and oxygen atoms in total. The van der Waals surface area contributed by atoms with Crippen LogP contribution in [0.25, 0.3) is 11.0 Å². The molecular weight excluding hydrogens is 276 g/mol. The Morgan fingerprint density at radius 1 is 1.45 bits per heavy atom. The van der Waals surface area contributed by atoms with E-state index in [1.54, 1.807) is 18.3 Å². The van der Waals surface area contributed by atoms with E-state index in [-0.39, 0.29) is 22.9 Å². The molecule has 20 heavy (non-hydrogen) atoms. The average molecular weight is 296 g/mol. The number of hydrogen-bond acceptors (Lipinski definition) is 4. The Morgan fingerprint density at radius 3 is 2.75 bits per heavy atom. The minimum absolute atomic E-state index is 0.198. The molecule has 0 saturated carbocycles. The molecule has 0 saturated heterocycles. The van der Waals surface area contributed by atoms with Crippen LogP contribution in [0, 0.1) is 5.41 Å². The molecule has 0 aromatic carbocycles. The fourth-order valence-electron chi connectivity index (χ4n) is 1.98. The smallest absolute Gasteiger partial charge is 0.243 e. The van der Waals surface area contributed by atoms with Crippen molar-refractivity contribution < 1.29 is 8.42 Å². The molecule has 0 aliphatic heterocycles. The number of aromatic amines is 1. The summed E-state index contributed by atoms with van der Waals surface area (Å²) < 4.78 is 27.7. The van der Waals surface area contributed by atoms with E-state index in [0.29, 0.717) is 11.0 Å². The molecule has 0 radical (unpaired) electrons. The topological polar surface area (TPSA) is 101 Å². The van der Waals surface area contributed by atoms with E-state index in [1.807, 2.05) is 20.8 Å². The Morgan fingerprint density at radius 2 is 2.15 bits per heavy atom. The molecule has 0 aliphatic carbocycles. The van der Waals surface area contributed by atoms with Crippen molar-refractivity contribution in [3.8, 4) is 0 Å². The zero-order valence-corrected chi connectivity index (χ0v) is 12.7. The lowest BCUT2D eigenvalue weighted by atomic mass is 9.88. The molecular formula is C13H20N4O2S. The minimum Gasteiger partial charge on any atom is -0.345 e. The summed E-state index contributed by atoms with van der Waals surface area (Å²) in [7, 11) is -3.64. The fourth-order valence-corrected chi connectivity index (χ4v) is 3.60. The maximum Gasteiger partial charge on any atom is 0.243 e. The summed E-state index contributed by atoms with van der Waals surface area (Å²) in [5.41, 5.74) is 5.98. The lowest BCUT2D eigenvalue weighted by Crippen LogP contribution is -2.48. The number of sulfonamides is 1. The first kappa shape index (κ1) is 15.0. The zero-order valence-electron chi connectivity index (χ0n) is 11.8. The predicted octanol–water partition coefficient (Wildman–Crippen LogP) is 1.21. The monoisotopic (exact) mass is 296 g/mol. The molecule has 0 fully saturated rings. The summed E-state index contributed by atoms with van der Waals surface area (Å²) in [6, 6.07) is 3.09. The Hall–Kier alpha value is -1.44. The van der Waals surface area contributed by atoms with Gasteiger partial charge < -0.3 is 10.7 Å². The Kier molecular flexibility index (Phi) is 3.86. The lowest BCUT2D eigenvalue weighted by molar-refractivity contribution is 0.304. The lowest BCUT2D eigenvalue weighted by Gasteiger charge is -2.29. The number of aromatic nitrogens is 2. The standard InChI is InChI=1S/C13H20N4O2S/c1-13(2,3)11(7-14)17-20(18,19)10-8-16-12-9(10)5-4-6-15-12/h4-6,8,11,17H,7,14H2,1-3H3,(H,15,16). The van der Waals surface area contributed by atoms with Crippen LogP contribution in [0.1, 0.15) is 20.8 Å². The molecule has 0 amide bonds. The Bertz CT molecular complexity index is 700. The van der Waals surface area contributed by atoms with Crippen molar-refractivity contribution in [1.82, 2.24) is 14.7 Å². The maximum atomic E-state index is 12.5. The third-order valence-electron chi connectivity index (χ3n) is 3.28. The number of rotatable bonds is 4. The first-order valence-corrected chi connectivity index (χ1v) is 7.88. The van der Waals surface area contributed by atoms with E-state index < -0.39 is 10.0 Å². The second-order valence-corrected chi connectivity index (χ2v) is 7.51. The highest BCUT2D eigenvalue weighted by Gasteiger charge is 2.29. The van der Waals surface area contributed by atoms with E-state index in [4.69, 9.17) is 5.73 Å². The molecule has 110 valence electrons. The summed E-state index contributed by atoms with van der Waals surface area (Å²) in [4.78, 5) is 7.15. The van der Waals surface area contributed by atoms with Gasteiger partial charge in [0, 0.05) is 30.4 Å². The van der Waals surface area contributed by atoms with Gasteiger partial charge in [0.25, 0.3) is 0 Å². The van der Waals surface area contributed by atoms with E-state index >= 15 is 0 Å². The third-order valence-corrected chi connectivity index (χ3v) is 4.79. The van der Waals surface area contributed by atoms with Crippen LogP contribution >= 0.6 is 0 Å². The minimum atomic E-state index is -3.64. The van der Waals surface area contributed by atoms with Crippen molar-refractivity contribution in [2.45, 2.75) is 31.7 Å². The summed E-state index contributed by atoms with van der Waals surface area (Å²) in [6.45, 7) is 6.08. The largest absolute Gasteiger partial charge is 0.345 e. The highest BCUT2D eigenvalue weighted by molar-refractivity contribution is 7.89. The molecule has 0 spiro atoms. The van der Waals surface area contributed by atoms with Crippen LogP contribution < -0.4 is 10.5 Å². The Balaban J connectivity index is 2.40. The quantitative estimate of drug-likeness (QED) is 0.789. The van der Waals surface area contributed by atoms with Crippen molar-refractivity contribution in [1.29, 1.82) is 0 Å². The van der Waals surface area contributed by atoms with Crippen LogP contribution in [-0.4, -0.2) is 31.0 Å². The van der Waals surface area contributed by atoms with Crippen LogP contribution in [-0.2, 0) is 10.0 Å². The summed E-state index contributed by atoms with van der Waals surface area (Å²) >= 11 is 0. The van der Waals surface area contributed by atoms with E-state index in [2.05, 4.69) is 14.7 Å². The van der Waals surface area contributed by atoms with Gasteiger partial charge in [-0.2, -0.15) is 0 Å². The maximum absolute atomic E-state index is 12.5. The van der Waals surface area contributed by atoms with Crippen molar-refractivity contribution >= 4 is 21.1 Å². The van der Waals surface area contributed by atoms with Gasteiger partial charge in [0.2, 0.25) is 10.0 Å². The van der Waals surface area contributed by atoms with Crippen LogP contribution in [0.3, 0.4) is 0 Å². The van der Waals surface area contributed by atoms with Crippen LogP contribution in [0.5, 0.6) is 0 Å². The van der Waals surface area contributed by atoms with Crippen LogP contribution in [0.4, 0.5) is 0 Å². The molecule has 0 aliphatic rings. The first-order chi connectivity index (χ1) is 9.25. The van der Waals surface area contributed by atoms with Crippen LogP contribution in [0.2, 0.25) is 0 Å². The summed E-state index contributed by atoms with van der Waals surface area (Å²) in [5.74, 6) is 0. The SMILES string of the molecule is CC(C)(C)C(CN)NS(=O)(=O)c1c[nH]c2ncccc12. The van der Waals surface area contributed by atoms with Gasteiger partial charge in [0.05, 0.1) is 0 Å². The number of fused-ring (bicyclic) bond motifs is 1. The van der Waals surface area contributed by atoms with Gasteiger partial charge in [-0.25, -0.2) is 18.1 Å². The third kappa shape index (κ3) is 2.84. The van der Waals surface area contributed by atoms with Gasteiger partial charge in [-0.3, -0.25) is 0 Å². The highest BCUT2D eigenvalue weighted by Crippen LogP contribution is 2.24. The Labute approximate surface area is 118 Å². The molecule has 0 bridgehead atoms. The van der Waals surface area contributed by atoms with Crippen molar-refractivity contribution in [2.75, 3.05) is 6.54 Å². The fraction of sp³-hybridized carbons (Fsp3) is 0.462. The summed E-state index contributed by atoms with van der Waals surface area (Å²) in [5, 5.41) is 0.574. The number of nitrogens with one attached hydrogen (secondary N) is 2. The number of nitrogens with zero attached hydrogens (tertiary/aromatic N) is 1. The number of pyridine rings is 1.